The molecule has 2 atom stereocenters. The molecule has 0 bridgehead atoms. The zero-order valence-electron chi connectivity index (χ0n) is 6.66. The van der Waals surface area contributed by atoms with Gasteiger partial charge in [-0.25, -0.2) is 0 Å². The van der Waals surface area contributed by atoms with E-state index in [1.807, 2.05) is 6.92 Å². The molecule has 0 aromatic carbocycles. The van der Waals surface area contributed by atoms with Crippen LogP contribution in [0.4, 0.5) is 5.95 Å². The van der Waals surface area contributed by atoms with Crippen LogP contribution in [0.15, 0.2) is 0 Å². The number of ether oxygens (including phenoxy) is 1. The van der Waals surface area contributed by atoms with Gasteiger partial charge in [0, 0.05) is 0 Å². The molecule has 1 aliphatic heterocycles. The zero-order chi connectivity index (χ0) is 9.42. The first-order valence-corrected chi connectivity index (χ1v) is 4.40. The third kappa shape index (κ3) is 2.18. The number of epoxide rings is 1. The van der Waals surface area contributed by atoms with Crippen molar-refractivity contribution in [2.45, 2.75) is 19.3 Å². The number of nitrogens with one attached hydrogen (secondary N) is 1. The van der Waals surface area contributed by atoms with Crippen LogP contribution in [0.3, 0.4) is 0 Å². The van der Waals surface area contributed by atoms with Gasteiger partial charge in [-0.3, -0.25) is 0 Å². The maximum atomic E-state index is 5.56. The van der Waals surface area contributed by atoms with Crippen molar-refractivity contribution in [1.82, 2.24) is 15.0 Å². The molecule has 2 rings (SSSR count). The van der Waals surface area contributed by atoms with Crippen LogP contribution in [-0.2, 0) is 4.74 Å². The quantitative estimate of drug-likeness (QED) is 0.763. The lowest BCUT2D eigenvalue weighted by atomic mass is 10.5. The summed E-state index contributed by atoms with van der Waals surface area (Å²) in [5, 5.41) is 3.03. The van der Waals surface area contributed by atoms with E-state index in [4.69, 9.17) is 27.9 Å². The Balaban J connectivity index is 2.11. The Morgan fingerprint density at radius 3 is 2.23 bits per heavy atom. The number of rotatable bonds is 2. The van der Waals surface area contributed by atoms with Crippen molar-refractivity contribution >= 4 is 29.2 Å². The molecule has 1 fully saturated rings. The van der Waals surface area contributed by atoms with E-state index in [1.54, 1.807) is 0 Å². The van der Waals surface area contributed by atoms with Crippen LogP contribution in [0, 0.1) is 0 Å². The summed E-state index contributed by atoms with van der Waals surface area (Å²) < 4.78 is 5.10. The molecule has 1 saturated heterocycles. The highest BCUT2D eigenvalue weighted by molar-refractivity contribution is 6.31. The summed E-state index contributed by atoms with van der Waals surface area (Å²) in [7, 11) is 0. The topological polar surface area (TPSA) is 63.2 Å². The zero-order valence-corrected chi connectivity index (χ0v) is 8.17. The third-order valence-corrected chi connectivity index (χ3v) is 1.90. The van der Waals surface area contributed by atoms with Crippen molar-refractivity contribution in [3.8, 4) is 0 Å². The van der Waals surface area contributed by atoms with Gasteiger partial charge in [0.25, 0.3) is 0 Å². The maximum absolute atomic E-state index is 5.56. The molecule has 1 N–H and O–H groups in total. The van der Waals surface area contributed by atoms with Gasteiger partial charge in [-0.05, 0) is 30.1 Å². The Morgan fingerprint density at radius 1 is 1.23 bits per heavy atom. The second-order valence-electron chi connectivity index (χ2n) is 2.60. The van der Waals surface area contributed by atoms with E-state index in [9.17, 15) is 0 Å². The molecule has 1 aromatic heterocycles. The molecule has 0 saturated carbocycles. The molecule has 2 heterocycles. The van der Waals surface area contributed by atoms with Gasteiger partial charge < -0.3 is 10.1 Å². The lowest BCUT2D eigenvalue weighted by Gasteiger charge is -2.00. The summed E-state index contributed by atoms with van der Waals surface area (Å²) in [6.45, 7) is 1.93. The Kier molecular flexibility index (Phi) is 2.23. The molecule has 2 unspecified atom stereocenters. The summed E-state index contributed by atoms with van der Waals surface area (Å²) in [4.78, 5) is 11.2. The highest BCUT2D eigenvalue weighted by Gasteiger charge is 2.34. The van der Waals surface area contributed by atoms with Crippen molar-refractivity contribution in [3.63, 3.8) is 0 Å². The predicted molar refractivity (Wildman–Crippen MR) is 47.8 cm³/mol. The van der Waals surface area contributed by atoms with Gasteiger partial charge in [-0.15, -0.1) is 0 Å². The van der Waals surface area contributed by atoms with E-state index in [0.29, 0.717) is 5.95 Å². The van der Waals surface area contributed by atoms with Crippen molar-refractivity contribution in [3.05, 3.63) is 10.6 Å². The fourth-order valence-corrected chi connectivity index (χ4v) is 1.22. The van der Waals surface area contributed by atoms with Crippen LogP contribution in [-0.4, -0.2) is 27.3 Å². The van der Waals surface area contributed by atoms with Crippen LogP contribution in [0.1, 0.15) is 6.92 Å². The number of nitrogens with zero attached hydrogens (tertiary/aromatic N) is 3. The molecule has 13 heavy (non-hydrogen) atoms. The highest BCUT2D eigenvalue weighted by Crippen LogP contribution is 2.22. The smallest absolute Gasteiger partial charge is 0.230 e. The summed E-state index contributed by atoms with van der Waals surface area (Å²) in [6, 6.07) is 0. The van der Waals surface area contributed by atoms with E-state index in [1.165, 1.54) is 0 Å². The number of anilines is 1. The third-order valence-electron chi connectivity index (χ3n) is 1.56. The van der Waals surface area contributed by atoms with Gasteiger partial charge in [-0.2, -0.15) is 15.0 Å². The Labute approximate surface area is 84.4 Å². The van der Waals surface area contributed by atoms with E-state index < -0.39 is 0 Å². The average molecular weight is 221 g/mol. The van der Waals surface area contributed by atoms with Gasteiger partial charge in [-0.1, -0.05) is 0 Å². The van der Waals surface area contributed by atoms with E-state index in [0.717, 1.165) is 0 Å². The number of hydrogen-bond acceptors (Lipinski definition) is 5. The highest BCUT2D eigenvalue weighted by atomic mass is 35.5. The SMILES string of the molecule is CC1OC1Nc1nc(Cl)nc(Cl)n1. The summed E-state index contributed by atoms with van der Waals surface area (Å²) in [5.41, 5.74) is 0. The lowest BCUT2D eigenvalue weighted by Crippen LogP contribution is -2.09. The second-order valence-corrected chi connectivity index (χ2v) is 3.28. The first-order valence-electron chi connectivity index (χ1n) is 3.64. The molecule has 0 amide bonds. The van der Waals surface area contributed by atoms with Crippen LogP contribution < -0.4 is 5.32 Å². The van der Waals surface area contributed by atoms with Crippen molar-refractivity contribution in [1.29, 1.82) is 0 Å². The van der Waals surface area contributed by atoms with Crippen LogP contribution in [0.5, 0.6) is 0 Å². The molecule has 1 aliphatic rings. The fourth-order valence-electron chi connectivity index (χ4n) is 0.855. The van der Waals surface area contributed by atoms with Crippen LogP contribution in [0.25, 0.3) is 0 Å². The molecule has 7 heteroatoms. The van der Waals surface area contributed by atoms with Crippen molar-refractivity contribution in [2.24, 2.45) is 0 Å². The van der Waals surface area contributed by atoms with Gasteiger partial charge in [0.1, 0.15) is 6.10 Å². The van der Waals surface area contributed by atoms with Gasteiger partial charge in [0.2, 0.25) is 16.5 Å². The molecule has 5 nitrogen and oxygen atoms in total. The van der Waals surface area contributed by atoms with Crippen LogP contribution in [0.2, 0.25) is 10.6 Å². The minimum Gasteiger partial charge on any atom is -0.348 e. The fraction of sp³-hybridized carbons (Fsp3) is 0.500. The van der Waals surface area contributed by atoms with Crippen LogP contribution >= 0.6 is 23.2 Å². The van der Waals surface area contributed by atoms with Crippen molar-refractivity contribution in [2.75, 3.05) is 5.32 Å². The second kappa shape index (κ2) is 3.25. The normalized spacial score (nSPS) is 25.8. The molecular weight excluding hydrogens is 215 g/mol. The lowest BCUT2D eigenvalue weighted by molar-refractivity contribution is 0.391. The van der Waals surface area contributed by atoms with Gasteiger partial charge in [0.15, 0.2) is 6.23 Å². The predicted octanol–water partition coefficient (Wildman–Crippen LogP) is 1.34. The minimum atomic E-state index is -0.0467. The summed E-state index contributed by atoms with van der Waals surface area (Å²) in [6.07, 6.45) is 0.129. The number of halogens is 2. The van der Waals surface area contributed by atoms with Gasteiger partial charge in [0.05, 0.1) is 0 Å². The summed E-state index contributed by atoms with van der Waals surface area (Å²) in [5.74, 6) is 0.333. The summed E-state index contributed by atoms with van der Waals surface area (Å²) >= 11 is 11.1. The molecule has 0 spiro atoms. The monoisotopic (exact) mass is 220 g/mol. The first kappa shape index (κ1) is 8.93. The standard InChI is InChI=1S/C6H6Cl2N4O/c1-2-3(13-2)9-6-11-4(7)10-5(8)12-6/h2-3H,1H3,(H,9,10,11,12). The molecule has 0 aliphatic carbocycles. The average Bonchev–Trinajstić information content (AvgIpc) is 2.63. The Morgan fingerprint density at radius 2 is 1.77 bits per heavy atom. The minimum absolute atomic E-state index is 0.0467. The largest absolute Gasteiger partial charge is 0.348 e. The molecule has 1 aromatic rings. The number of aromatic nitrogens is 3. The Bertz CT molecular complexity index is 314. The van der Waals surface area contributed by atoms with E-state index >= 15 is 0 Å². The van der Waals surface area contributed by atoms with Gasteiger partial charge >= 0.3 is 0 Å². The molecule has 0 radical (unpaired) electrons. The van der Waals surface area contributed by atoms with Crippen molar-refractivity contribution < 1.29 is 4.74 Å². The maximum Gasteiger partial charge on any atom is 0.230 e. The molecular formula is C6H6Cl2N4O. The number of hydrogen-bond donors (Lipinski definition) is 1. The Hall–Kier alpha value is -0.650. The first-order chi connectivity index (χ1) is 6.15. The molecule has 70 valence electrons. The van der Waals surface area contributed by atoms with E-state index in [2.05, 4.69) is 20.3 Å². The van der Waals surface area contributed by atoms with E-state index in [-0.39, 0.29) is 22.9 Å².